The van der Waals surface area contributed by atoms with Crippen LogP contribution in [-0.4, -0.2) is 17.5 Å². The van der Waals surface area contributed by atoms with E-state index in [1.807, 2.05) is 0 Å². The standard InChI is InChI=1S/C10H7ClF5NO/c1-9(17,10(14,15)16)8(18)6-4(11)2-3-5(12)7(6)13/h2-3H,17H2,1H3. The van der Waals surface area contributed by atoms with Crippen LogP contribution in [0.3, 0.4) is 0 Å². The number of alkyl halides is 3. The third-order valence-electron chi connectivity index (χ3n) is 2.33. The lowest BCUT2D eigenvalue weighted by Gasteiger charge is -2.26. The molecule has 0 heterocycles. The maximum Gasteiger partial charge on any atom is 0.413 e. The quantitative estimate of drug-likeness (QED) is 0.516. The Labute approximate surface area is 104 Å². The SMILES string of the molecule is CC(N)(C(=O)c1c(Cl)ccc(F)c1F)C(F)(F)F. The molecule has 1 unspecified atom stereocenters. The van der Waals surface area contributed by atoms with E-state index < -0.39 is 39.7 Å². The van der Waals surface area contributed by atoms with Crippen LogP contribution in [0.5, 0.6) is 0 Å². The van der Waals surface area contributed by atoms with Crippen LogP contribution < -0.4 is 5.73 Å². The van der Waals surface area contributed by atoms with E-state index in [1.165, 1.54) is 0 Å². The molecule has 2 nitrogen and oxygen atoms in total. The predicted octanol–water partition coefficient (Wildman–Crippen LogP) is 3.08. The molecule has 0 saturated heterocycles. The number of ketones is 1. The normalized spacial score (nSPS) is 15.3. The van der Waals surface area contributed by atoms with Crippen molar-refractivity contribution in [2.75, 3.05) is 0 Å². The van der Waals surface area contributed by atoms with Crippen molar-refractivity contribution in [1.29, 1.82) is 0 Å². The first kappa shape index (κ1) is 14.8. The second kappa shape index (κ2) is 4.47. The fraction of sp³-hybridized carbons (Fsp3) is 0.300. The van der Waals surface area contributed by atoms with Crippen molar-refractivity contribution in [3.8, 4) is 0 Å². The third-order valence-corrected chi connectivity index (χ3v) is 2.65. The minimum atomic E-state index is -5.12. The molecule has 0 aliphatic carbocycles. The topological polar surface area (TPSA) is 43.1 Å². The predicted molar refractivity (Wildman–Crippen MR) is 54.3 cm³/mol. The summed E-state index contributed by atoms with van der Waals surface area (Å²) in [6.07, 6.45) is -5.12. The van der Waals surface area contributed by atoms with Crippen molar-refractivity contribution in [2.24, 2.45) is 5.73 Å². The van der Waals surface area contributed by atoms with E-state index in [4.69, 9.17) is 17.3 Å². The lowest BCUT2D eigenvalue weighted by Crippen LogP contribution is -2.57. The second-order valence-electron chi connectivity index (χ2n) is 3.75. The Hall–Kier alpha value is -1.21. The average Bonchev–Trinajstić information content (AvgIpc) is 2.22. The van der Waals surface area contributed by atoms with E-state index in [1.54, 1.807) is 0 Å². The summed E-state index contributed by atoms with van der Waals surface area (Å²) in [7, 11) is 0. The third kappa shape index (κ3) is 2.32. The van der Waals surface area contributed by atoms with Gasteiger partial charge in [0.15, 0.2) is 23.0 Å². The van der Waals surface area contributed by atoms with E-state index in [9.17, 15) is 26.7 Å². The Morgan fingerprint density at radius 1 is 1.28 bits per heavy atom. The molecule has 0 bridgehead atoms. The summed E-state index contributed by atoms with van der Waals surface area (Å²) in [4.78, 5) is 11.6. The zero-order valence-corrected chi connectivity index (χ0v) is 9.66. The monoisotopic (exact) mass is 287 g/mol. The van der Waals surface area contributed by atoms with E-state index in [-0.39, 0.29) is 0 Å². The van der Waals surface area contributed by atoms with Gasteiger partial charge < -0.3 is 5.73 Å². The number of carbonyl (C=O) groups is 1. The van der Waals surface area contributed by atoms with Gasteiger partial charge in [-0.05, 0) is 19.1 Å². The van der Waals surface area contributed by atoms with Crippen molar-refractivity contribution in [2.45, 2.75) is 18.6 Å². The number of rotatable bonds is 2. The molecule has 0 fully saturated rings. The highest BCUT2D eigenvalue weighted by Gasteiger charge is 2.54. The Morgan fingerprint density at radius 3 is 2.22 bits per heavy atom. The molecule has 1 rings (SSSR count). The first-order valence-electron chi connectivity index (χ1n) is 4.54. The van der Waals surface area contributed by atoms with E-state index >= 15 is 0 Å². The van der Waals surface area contributed by atoms with Gasteiger partial charge in [0.25, 0.3) is 0 Å². The summed E-state index contributed by atoms with van der Waals surface area (Å²) in [6, 6.07) is 1.37. The number of Topliss-reactive ketones (excluding diaryl/α,β-unsaturated/α-hetero) is 1. The summed E-state index contributed by atoms with van der Waals surface area (Å²) >= 11 is 5.40. The Bertz CT molecular complexity index is 498. The molecule has 0 aromatic heterocycles. The summed E-state index contributed by atoms with van der Waals surface area (Å²) in [5, 5.41) is -0.639. The Balaban J connectivity index is 3.41. The van der Waals surface area contributed by atoms with Crippen LogP contribution in [0.2, 0.25) is 5.02 Å². The van der Waals surface area contributed by atoms with Gasteiger partial charge in [-0.25, -0.2) is 8.78 Å². The highest BCUT2D eigenvalue weighted by molar-refractivity contribution is 6.34. The fourth-order valence-corrected chi connectivity index (χ4v) is 1.36. The van der Waals surface area contributed by atoms with Gasteiger partial charge in [0.05, 0.1) is 10.6 Å². The lowest BCUT2D eigenvalue weighted by molar-refractivity contribution is -0.165. The number of halogens is 6. The molecule has 8 heteroatoms. The van der Waals surface area contributed by atoms with Gasteiger partial charge in [0.2, 0.25) is 0 Å². The molecular formula is C10H7ClF5NO. The van der Waals surface area contributed by atoms with E-state index in [0.29, 0.717) is 13.0 Å². The molecule has 0 aliphatic rings. The first-order chi connectivity index (χ1) is 8.00. The minimum absolute atomic E-state index is 0.357. The number of carbonyl (C=O) groups excluding carboxylic acids is 1. The largest absolute Gasteiger partial charge is 0.413 e. The van der Waals surface area contributed by atoms with Gasteiger partial charge in [-0.1, -0.05) is 11.6 Å². The maximum atomic E-state index is 13.3. The molecule has 1 aromatic carbocycles. The average molecular weight is 288 g/mol. The molecular weight excluding hydrogens is 281 g/mol. The van der Waals surface area contributed by atoms with Crippen LogP contribution in [-0.2, 0) is 0 Å². The first-order valence-corrected chi connectivity index (χ1v) is 4.92. The fourth-order valence-electron chi connectivity index (χ4n) is 1.12. The van der Waals surface area contributed by atoms with Crippen molar-refractivity contribution in [1.82, 2.24) is 0 Å². The molecule has 1 atom stereocenters. The molecule has 0 saturated carbocycles. The number of hydrogen-bond acceptors (Lipinski definition) is 2. The second-order valence-corrected chi connectivity index (χ2v) is 4.15. The minimum Gasteiger partial charge on any atom is -0.311 e. The highest BCUT2D eigenvalue weighted by Crippen LogP contribution is 2.34. The highest BCUT2D eigenvalue weighted by atomic mass is 35.5. The smallest absolute Gasteiger partial charge is 0.311 e. The molecule has 0 aliphatic heterocycles. The van der Waals surface area contributed by atoms with Crippen LogP contribution in [0, 0.1) is 11.6 Å². The zero-order chi connectivity index (χ0) is 14.3. The Morgan fingerprint density at radius 2 is 1.78 bits per heavy atom. The number of hydrogen-bond donors (Lipinski definition) is 1. The van der Waals surface area contributed by atoms with Crippen LogP contribution in [0.25, 0.3) is 0 Å². The zero-order valence-electron chi connectivity index (χ0n) is 8.91. The van der Waals surface area contributed by atoms with Crippen molar-refractivity contribution in [3.05, 3.63) is 34.4 Å². The Kier molecular flexibility index (Phi) is 3.69. The van der Waals surface area contributed by atoms with Crippen LogP contribution >= 0.6 is 11.6 Å². The van der Waals surface area contributed by atoms with E-state index in [2.05, 4.69) is 0 Å². The van der Waals surface area contributed by atoms with E-state index in [0.717, 1.165) is 6.07 Å². The summed E-state index contributed by atoms with van der Waals surface area (Å²) in [5.74, 6) is -5.08. The molecule has 100 valence electrons. The van der Waals surface area contributed by atoms with Gasteiger partial charge in [-0.2, -0.15) is 13.2 Å². The van der Waals surface area contributed by atoms with Crippen molar-refractivity contribution < 1.29 is 26.7 Å². The van der Waals surface area contributed by atoms with Crippen molar-refractivity contribution >= 4 is 17.4 Å². The lowest BCUT2D eigenvalue weighted by atomic mass is 9.91. The van der Waals surface area contributed by atoms with Gasteiger partial charge in [-0.15, -0.1) is 0 Å². The van der Waals surface area contributed by atoms with Crippen LogP contribution in [0.15, 0.2) is 12.1 Å². The number of nitrogens with two attached hydrogens (primary N) is 1. The van der Waals surface area contributed by atoms with Crippen molar-refractivity contribution in [3.63, 3.8) is 0 Å². The summed E-state index contributed by atoms with van der Waals surface area (Å²) < 4.78 is 63.8. The molecule has 18 heavy (non-hydrogen) atoms. The van der Waals surface area contributed by atoms with Gasteiger partial charge in [0.1, 0.15) is 0 Å². The number of benzene rings is 1. The summed E-state index contributed by atoms with van der Waals surface area (Å²) in [6.45, 7) is 0.357. The van der Waals surface area contributed by atoms with Gasteiger partial charge in [0, 0.05) is 0 Å². The van der Waals surface area contributed by atoms with Crippen LogP contribution in [0.1, 0.15) is 17.3 Å². The van der Waals surface area contributed by atoms with Gasteiger partial charge in [-0.3, -0.25) is 4.79 Å². The van der Waals surface area contributed by atoms with Crippen LogP contribution in [0.4, 0.5) is 22.0 Å². The molecule has 2 N–H and O–H groups in total. The molecule has 0 amide bonds. The maximum absolute atomic E-state index is 13.3. The molecule has 0 radical (unpaired) electrons. The van der Waals surface area contributed by atoms with Gasteiger partial charge >= 0.3 is 6.18 Å². The summed E-state index contributed by atoms with van der Waals surface area (Å²) in [5.41, 5.74) is 0.270. The molecule has 1 aromatic rings. The molecule has 0 spiro atoms.